The van der Waals surface area contributed by atoms with Gasteiger partial charge in [-0.25, -0.2) is 5.43 Å². The average molecular weight is 354 g/mol. The third-order valence-electron chi connectivity index (χ3n) is 5.05. The van der Waals surface area contributed by atoms with Crippen LogP contribution >= 0.6 is 0 Å². The van der Waals surface area contributed by atoms with E-state index < -0.39 is 0 Å². The van der Waals surface area contributed by atoms with Crippen molar-refractivity contribution in [3.05, 3.63) is 108 Å². The van der Waals surface area contributed by atoms with E-state index >= 15 is 0 Å². The summed E-state index contributed by atoms with van der Waals surface area (Å²) >= 11 is 0. The highest BCUT2D eigenvalue weighted by Crippen LogP contribution is 2.34. The Balaban J connectivity index is 1.70. The maximum absolute atomic E-state index is 3.67. The van der Waals surface area contributed by atoms with E-state index in [1.54, 1.807) is 0 Å². The van der Waals surface area contributed by atoms with Crippen molar-refractivity contribution in [3.63, 3.8) is 0 Å². The first-order valence-electron chi connectivity index (χ1n) is 9.51. The molecule has 1 aliphatic heterocycles. The number of nitrogens with one attached hydrogen (secondary N) is 1. The van der Waals surface area contributed by atoms with Crippen molar-refractivity contribution in [2.75, 3.05) is 5.01 Å². The number of hydrogen-bond acceptors (Lipinski definition) is 2. The average Bonchev–Trinajstić information content (AvgIpc) is 3.14. The molecule has 27 heavy (non-hydrogen) atoms. The minimum Gasteiger partial charge on any atom is -0.276 e. The lowest BCUT2D eigenvalue weighted by Gasteiger charge is -2.25. The van der Waals surface area contributed by atoms with Gasteiger partial charge in [0.1, 0.15) is 0 Å². The second kappa shape index (κ2) is 7.05. The molecule has 0 aliphatic carbocycles. The number of rotatable bonds is 3. The molecule has 0 amide bonds. The fourth-order valence-corrected chi connectivity index (χ4v) is 3.46. The van der Waals surface area contributed by atoms with Crippen LogP contribution in [-0.4, -0.2) is 0 Å². The van der Waals surface area contributed by atoms with E-state index in [0.717, 1.165) is 5.69 Å². The quantitative estimate of drug-likeness (QED) is 0.612. The van der Waals surface area contributed by atoms with E-state index in [4.69, 9.17) is 0 Å². The van der Waals surface area contributed by atoms with E-state index in [1.807, 2.05) is 6.07 Å². The first kappa shape index (κ1) is 17.6. The number of hydrazine groups is 1. The summed E-state index contributed by atoms with van der Waals surface area (Å²) in [5, 5.41) is 2.19. The number of benzene rings is 3. The molecule has 0 fully saturated rings. The van der Waals surface area contributed by atoms with Crippen molar-refractivity contribution in [2.24, 2.45) is 0 Å². The van der Waals surface area contributed by atoms with Crippen LogP contribution in [0.4, 0.5) is 5.69 Å². The van der Waals surface area contributed by atoms with Crippen LogP contribution in [0.15, 0.2) is 91.0 Å². The maximum atomic E-state index is 3.67. The lowest BCUT2D eigenvalue weighted by Crippen LogP contribution is -2.33. The van der Waals surface area contributed by atoms with Gasteiger partial charge in [-0.1, -0.05) is 93.6 Å². The predicted octanol–water partition coefficient (Wildman–Crippen LogP) is 6.09. The van der Waals surface area contributed by atoms with Crippen LogP contribution in [0.3, 0.4) is 0 Å². The minimum absolute atomic E-state index is 0.148. The molecule has 1 unspecified atom stereocenters. The molecule has 0 spiro atoms. The molecular formula is C25H26N2. The largest absolute Gasteiger partial charge is 0.276 e. The van der Waals surface area contributed by atoms with Crippen molar-refractivity contribution in [1.29, 1.82) is 0 Å². The fourth-order valence-electron chi connectivity index (χ4n) is 3.46. The Hall–Kier alpha value is -2.84. The SMILES string of the molecule is CC(C)(C)c1ccc(C2C=C(c3ccccc3)N(c3ccccc3)N2)cc1. The summed E-state index contributed by atoms with van der Waals surface area (Å²) in [6.07, 6.45) is 2.31. The van der Waals surface area contributed by atoms with E-state index in [1.165, 1.54) is 22.4 Å². The highest BCUT2D eigenvalue weighted by Gasteiger charge is 2.26. The fraction of sp³-hybridized carbons (Fsp3) is 0.200. The van der Waals surface area contributed by atoms with E-state index in [-0.39, 0.29) is 11.5 Å². The molecular weight excluding hydrogens is 328 g/mol. The van der Waals surface area contributed by atoms with Crippen molar-refractivity contribution in [2.45, 2.75) is 32.2 Å². The van der Waals surface area contributed by atoms with Gasteiger partial charge in [-0.05, 0) is 40.3 Å². The zero-order valence-electron chi connectivity index (χ0n) is 16.2. The number of para-hydroxylation sites is 1. The highest BCUT2D eigenvalue weighted by molar-refractivity contribution is 5.81. The van der Waals surface area contributed by atoms with Gasteiger partial charge in [0.15, 0.2) is 0 Å². The predicted molar refractivity (Wildman–Crippen MR) is 114 cm³/mol. The van der Waals surface area contributed by atoms with Crippen molar-refractivity contribution < 1.29 is 0 Å². The Kier molecular flexibility index (Phi) is 4.59. The number of anilines is 1. The second-order valence-electron chi connectivity index (χ2n) is 8.07. The molecule has 3 aromatic rings. The van der Waals surface area contributed by atoms with Crippen LogP contribution in [0.2, 0.25) is 0 Å². The molecule has 3 aromatic carbocycles. The molecule has 0 radical (unpaired) electrons. The molecule has 0 bridgehead atoms. The van der Waals surface area contributed by atoms with E-state index in [0.29, 0.717) is 0 Å². The molecule has 1 N–H and O–H groups in total. The monoisotopic (exact) mass is 354 g/mol. The third kappa shape index (κ3) is 3.67. The van der Waals surface area contributed by atoms with Crippen LogP contribution < -0.4 is 10.4 Å². The molecule has 1 aliphatic rings. The summed E-state index contributed by atoms with van der Waals surface area (Å²) in [5.41, 5.74) is 10.0. The molecule has 1 heterocycles. The normalized spacial score (nSPS) is 17.1. The third-order valence-corrected chi connectivity index (χ3v) is 5.05. The van der Waals surface area contributed by atoms with Crippen LogP contribution in [-0.2, 0) is 5.41 Å². The Morgan fingerprint density at radius 3 is 1.93 bits per heavy atom. The maximum Gasteiger partial charge on any atom is 0.0720 e. The molecule has 0 saturated carbocycles. The van der Waals surface area contributed by atoms with Crippen molar-refractivity contribution in [3.8, 4) is 0 Å². The first-order chi connectivity index (χ1) is 13.0. The summed E-state index contributed by atoms with van der Waals surface area (Å²) in [6, 6.07) is 30.2. The van der Waals surface area contributed by atoms with Crippen LogP contribution in [0.5, 0.6) is 0 Å². The molecule has 2 nitrogen and oxygen atoms in total. The van der Waals surface area contributed by atoms with E-state index in [9.17, 15) is 0 Å². The highest BCUT2D eigenvalue weighted by atomic mass is 15.5. The van der Waals surface area contributed by atoms with Gasteiger partial charge in [-0.15, -0.1) is 0 Å². The molecule has 0 aromatic heterocycles. The van der Waals surface area contributed by atoms with Crippen LogP contribution in [0.25, 0.3) is 5.70 Å². The minimum atomic E-state index is 0.148. The summed E-state index contributed by atoms with van der Waals surface area (Å²) < 4.78 is 0. The standard InChI is InChI=1S/C25H26N2/c1-25(2,3)21-16-14-19(15-17-21)23-18-24(20-10-6-4-7-11-20)27(26-23)22-12-8-5-9-13-22/h4-18,23,26H,1-3H3. The Labute approximate surface area is 162 Å². The zero-order chi connectivity index (χ0) is 18.9. The summed E-state index contributed by atoms with van der Waals surface area (Å²) in [7, 11) is 0. The lowest BCUT2D eigenvalue weighted by molar-refractivity contribution is 0.589. The van der Waals surface area contributed by atoms with Crippen LogP contribution in [0, 0.1) is 0 Å². The Morgan fingerprint density at radius 1 is 0.741 bits per heavy atom. The van der Waals surface area contributed by atoms with Crippen molar-refractivity contribution >= 4 is 11.4 Å². The van der Waals surface area contributed by atoms with Crippen LogP contribution in [0.1, 0.15) is 43.5 Å². The van der Waals surface area contributed by atoms with Crippen molar-refractivity contribution in [1.82, 2.24) is 5.43 Å². The lowest BCUT2D eigenvalue weighted by atomic mass is 9.86. The molecule has 1 atom stereocenters. The van der Waals surface area contributed by atoms with Gasteiger partial charge in [0.05, 0.1) is 17.4 Å². The second-order valence-corrected chi connectivity index (χ2v) is 8.07. The molecule has 2 heteroatoms. The summed E-state index contributed by atoms with van der Waals surface area (Å²) in [4.78, 5) is 0. The van der Waals surface area contributed by atoms with E-state index in [2.05, 4.69) is 116 Å². The molecule has 0 saturated heterocycles. The van der Waals surface area contributed by atoms with Gasteiger partial charge in [0, 0.05) is 0 Å². The van der Waals surface area contributed by atoms with Gasteiger partial charge >= 0.3 is 0 Å². The van der Waals surface area contributed by atoms with Gasteiger partial charge in [-0.2, -0.15) is 0 Å². The summed E-state index contributed by atoms with van der Waals surface area (Å²) in [5.74, 6) is 0. The smallest absolute Gasteiger partial charge is 0.0720 e. The molecule has 136 valence electrons. The first-order valence-corrected chi connectivity index (χ1v) is 9.51. The van der Waals surface area contributed by atoms with Gasteiger partial charge in [0.2, 0.25) is 0 Å². The molecule has 4 rings (SSSR count). The summed E-state index contributed by atoms with van der Waals surface area (Å²) in [6.45, 7) is 6.75. The number of nitrogens with zero attached hydrogens (tertiary/aromatic N) is 1. The van der Waals surface area contributed by atoms with Gasteiger partial charge in [-0.3, -0.25) is 5.01 Å². The Bertz CT molecular complexity index is 920. The Morgan fingerprint density at radius 2 is 1.33 bits per heavy atom. The number of hydrogen-bond donors (Lipinski definition) is 1. The zero-order valence-corrected chi connectivity index (χ0v) is 16.2. The topological polar surface area (TPSA) is 15.3 Å². The van der Waals surface area contributed by atoms with Gasteiger partial charge in [0.25, 0.3) is 0 Å². The van der Waals surface area contributed by atoms with Gasteiger partial charge < -0.3 is 0 Å².